The lowest BCUT2D eigenvalue weighted by Gasteiger charge is -2.22. The summed E-state index contributed by atoms with van der Waals surface area (Å²) in [5.41, 5.74) is 4.29. The molecule has 0 bridgehead atoms. The molecule has 1 nitrogen and oxygen atoms in total. The van der Waals surface area contributed by atoms with E-state index in [1.54, 1.807) is 0 Å². The van der Waals surface area contributed by atoms with Gasteiger partial charge in [-0.05, 0) is 35.4 Å². The van der Waals surface area contributed by atoms with Crippen LogP contribution in [0.4, 0.5) is 0 Å². The summed E-state index contributed by atoms with van der Waals surface area (Å²) in [6.07, 6.45) is 1.27. The Balaban J connectivity index is 1.34. The van der Waals surface area contributed by atoms with Crippen molar-refractivity contribution in [2.45, 2.75) is 23.7 Å². The Bertz CT molecular complexity index is 780. The van der Waals surface area contributed by atoms with Gasteiger partial charge in [-0.2, -0.15) is 35.3 Å². The van der Waals surface area contributed by atoms with Crippen molar-refractivity contribution in [3.63, 3.8) is 0 Å². The molecule has 0 aromatic heterocycles. The highest BCUT2D eigenvalue weighted by atomic mass is 32.2. The van der Waals surface area contributed by atoms with Crippen LogP contribution >= 0.6 is 35.3 Å². The average Bonchev–Trinajstić information content (AvgIpc) is 2.85. The van der Waals surface area contributed by atoms with Crippen molar-refractivity contribution in [2.75, 3.05) is 36.9 Å². The molecule has 0 amide bonds. The first kappa shape index (κ1) is 25.3. The first-order chi connectivity index (χ1) is 15.9. The number of hydrogen-bond acceptors (Lipinski definition) is 4. The summed E-state index contributed by atoms with van der Waals surface area (Å²) >= 11 is 6.18. The minimum atomic E-state index is 1.12. The largest absolute Gasteiger partial charge is 0.302 e. The molecule has 0 aliphatic heterocycles. The molecule has 0 heterocycles. The zero-order valence-corrected chi connectivity index (χ0v) is 21.4. The third-order valence-electron chi connectivity index (χ3n) is 5.20. The summed E-state index contributed by atoms with van der Waals surface area (Å²) in [5.74, 6) is 7.00. The van der Waals surface area contributed by atoms with Gasteiger partial charge in [0.2, 0.25) is 0 Å². The molecule has 4 heteroatoms. The Labute approximate surface area is 207 Å². The van der Waals surface area contributed by atoms with E-state index in [1.165, 1.54) is 60.0 Å². The van der Waals surface area contributed by atoms with Crippen LogP contribution in [0.2, 0.25) is 0 Å². The number of benzene rings is 3. The summed E-state index contributed by atoms with van der Waals surface area (Å²) in [5, 5.41) is 0. The minimum Gasteiger partial charge on any atom is -0.302 e. The second kappa shape index (κ2) is 16.3. The van der Waals surface area contributed by atoms with Gasteiger partial charge in [-0.25, -0.2) is 0 Å². The van der Waals surface area contributed by atoms with Crippen molar-refractivity contribution in [1.29, 1.82) is 0 Å². The molecule has 3 aromatic rings. The minimum absolute atomic E-state index is 1.12. The molecule has 0 fully saturated rings. The van der Waals surface area contributed by atoms with E-state index in [4.69, 9.17) is 0 Å². The zero-order chi connectivity index (χ0) is 22.1. The quantitative estimate of drug-likeness (QED) is 0.195. The fourth-order valence-electron chi connectivity index (χ4n) is 3.41. The molecular formula is C28H35NS3. The molecule has 0 saturated heterocycles. The molecule has 0 radical (unpaired) electrons. The van der Waals surface area contributed by atoms with Gasteiger partial charge < -0.3 is 4.90 Å². The topological polar surface area (TPSA) is 3.24 Å². The highest BCUT2D eigenvalue weighted by Crippen LogP contribution is 2.16. The number of nitrogens with zero attached hydrogens (tertiary/aromatic N) is 1. The molecule has 0 N–H and O–H groups in total. The Morgan fingerprint density at radius 2 is 0.812 bits per heavy atom. The molecule has 170 valence electrons. The van der Waals surface area contributed by atoms with Crippen LogP contribution in [0, 0.1) is 0 Å². The maximum atomic E-state index is 2.68. The number of thioether (sulfide) groups is 3. The third kappa shape index (κ3) is 11.0. The summed E-state index contributed by atoms with van der Waals surface area (Å²) in [4.78, 5) is 2.68. The second-order valence-corrected chi connectivity index (χ2v) is 11.1. The van der Waals surface area contributed by atoms with E-state index in [9.17, 15) is 0 Å². The summed E-state index contributed by atoms with van der Waals surface area (Å²) < 4.78 is 0. The molecule has 3 rings (SSSR count). The van der Waals surface area contributed by atoms with Crippen molar-refractivity contribution in [3.8, 4) is 0 Å². The maximum absolute atomic E-state index is 2.68. The lowest BCUT2D eigenvalue weighted by Crippen LogP contribution is -2.30. The van der Waals surface area contributed by atoms with Gasteiger partial charge in [0.05, 0.1) is 0 Å². The fourth-order valence-corrected chi connectivity index (χ4v) is 6.23. The highest BCUT2D eigenvalue weighted by molar-refractivity contribution is 7.98. The lowest BCUT2D eigenvalue weighted by atomic mass is 10.2. The predicted octanol–water partition coefficient (Wildman–Crippen LogP) is 7.48. The van der Waals surface area contributed by atoms with Crippen molar-refractivity contribution in [2.24, 2.45) is 0 Å². The maximum Gasteiger partial charge on any atom is 0.0185 e. The van der Waals surface area contributed by atoms with E-state index < -0.39 is 0 Å². The molecule has 32 heavy (non-hydrogen) atoms. The molecular weight excluding hydrogens is 447 g/mol. The number of hydrogen-bond donors (Lipinski definition) is 0. The smallest absolute Gasteiger partial charge is 0.0185 e. The van der Waals surface area contributed by atoms with Gasteiger partial charge in [-0.3, -0.25) is 0 Å². The van der Waals surface area contributed by atoms with Crippen LogP contribution in [0.25, 0.3) is 0 Å². The van der Waals surface area contributed by atoms with Crippen molar-refractivity contribution in [1.82, 2.24) is 4.90 Å². The van der Waals surface area contributed by atoms with Crippen LogP contribution in [0.15, 0.2) is 91.0 Å². The van der Waals surface area contributed by atoms with E-state index in [0.29, 0.717) is 0 Å². The average molecular weight is 482 g/mol. The summed E-state index contributed by atoms with van der Waals surface area (Å²) in [6.45, 7) is 3.58. The predicted molar refractivity (Wildman–Crippen MR) is 149 cm³/mol. The van der Waals surface area contributed by atoms with Gasteiger partial charge in [0.15, 0.2) is 0 Å². The molecule has 0 saturated carbocycles. The molecule has 0 aliphatic rings. The molecule has 0 spiro atoms. The van der Waals surface area contributed by atoms with E-state index in [0.717, 1.165) is 17.3 Å². The second-order valence-electron chi connectivity index (χ2n) is 7.81. The van der Waals surface area contributed by atoms with Crippen LogP contribution in [-0.2, 0) is 17.3 Å². The first-order valence-corrected chi connectivity index (χ1v) is 14.9. The summed E-state index contributed by atoms with van der Waals surface area (Å²) in [7, 11) is 0. The van der Waals surface area contributed by atoms with E-state index in [-0.39, 0.29) is 0 Å². The Morgan fingerprint density at radius 1 is 0.438 bits per heavy atom. The fraction of sp³-hybridized carbons (Fsp3) is 0.357. The number of rotatable bonds is 16. The van der Waals surface area contributed by atoms with Crippen LogP contribution in [0.1, 0.15) is 23.1 Å². The van der Waals surface area contributed by atoms with E-state index in [2.05, 4.69) is 131 Å². The molecule has 0 atom stereocenters. The van der Waals surface area contributed by atoms with E-state index >= 15 is 0 Å². The van der Waals surface area contributed by atoms with Crippen LogP contribution in [-0.4, -0.2) is 41.8 Å². The highest BCUT2D eigenvalue weighted by Gasteiger charge is 2.06. The van der Waals surface area contributed by atoms with Crippen LogP contribution < -0.4 is 0 Å². The zero-order valence-electron chi connectivity index (χ0n) is 18.9. The van der Waals surface area contributed by atoms with Crippen molar-refractivity contribution in [3.05, 3.63) is 108 Å². The molecule has 0 unspecified atom stereocenters. The Kier molecular flexibility index (Phi) is 12.9. The van der Waals surface area contributed by atoms with Gasteiger partial charge in [0.1, 0.15) is 0 Å². The van der Waals surface area contributed by atoms with Gasteiger partial charge in [-0.15, -0.1) is 0 Å². The molecule has 0 aliphatic carbocycles. The van der Waals surface area contributed by atoms with Crippen molar-refractivity contribution >= 4 is 35.3 Å². The molecule has 3 aromatic carbocycles. The van der Waals surface area contributed by atoms with Gasteiger partial charge >= 0.3 is 0 Å². The Hall–Kier alpha value is -1.33. The van der Waals surface area contributed by atoms with Crippen LogP contribution in [0.5, 0.6) is 0 Å². The van der Waals surface area contributed by atoms with Gasteiger partial charge in [0, 0.05) is 41.9 Å². The monoisotopic (exact) mass is 481 g/mol. The third-order valence-corrected chi connectivity index (χ3v) is 8.33. The Morgan fingerprint density at radius 3 is 1.22 bits per heavy atom. The van der Waals surface area contributed by atoms with E-state index in [1.807, 2.05) is 0 Å². The lowest BCUT2D eigenvalue weighted by molar-refractivity contribution is 0.310. The normalized spacial score (nSPS) is 11.2. The van der Waals surface area contributed by atoms with Crippen LogP contribution in [0.3, 0.4) is 0 Å². The van der Waals surface area contributed by atoms with Gasteiger partial charge in [-0.1, -0.05) is 91.0 Å². The van der Waals surface area contributed by atoms with Crippen molar-refractivity contribution < 1.29 is 0 Å². The standard InChI is InChI=1S/C28H35NS3/c1-4-11-26(12-5-1)23-30-20-10-17-29(18-21-31-24-27-13-6-2-7-14-27)19-22-32-25-28-15-8-3-9-16-28/h1-9,11-16H,10,17-25H2. The SMILES string of the molecule is c1ccc(CSCCCN(CCSCc2ccccc2)CCSCc2ccccc2)cc1. The first-order valence-electron chi connectivity index (χ1n) is 11.5. The van der Waals surface area contributed by atoms with Gasteiger partial charge in [0.25, 0.3) is 0 Å². The summed E-state index contributed by atoms with van der Waals surface area (Å²) in [6, 6.07) is 32.5.